The first-order valence-corrected chi connectivity index (χ1v) is 8.68. The lowest BCUT2D eigenvalue weighted by Crippen LogP contribution is -2.45. The predicted molar refractivity (Wildman–Crippen MR) is 81.6 cm³/mol. The van der Waals surface area contributed by atoms with Crippen molar-refractivity contribution in [3.63, 3.8) is 0 Å². The van der Waals surface area contributed by atoms with E-state index in [2.05, 4.69) is 19.2 Å². The van der Waals surface area contributed by atoms with Crippen molar-refractivity contribution in [3.05, 3.63) is 29.8 Å². The zero-order valence-corrected chi connectivity index (χ0v) is 13.6. The highest BCUT2D eigenvalue weighted by Gasteiger charge is 2.36. The molecule has 1 fully saturated rings. The zero-order valence-electron chi connectivity index (χ0n) is 12.7. The van der Waals surface area contributed by atoms with Gasteiger partial charge in [0.05, 0.1) is 20.9 Å². The average molecular weight is 315 g/mol. The van der Waals surface area contributed by atoms with E-state index in [-0.39, 0.29) is 16.2 Å². The first-order valence-electron chi connectivity index (χ1n) is 7.47. The van der Waals surface area contributed by atoms with Crippen LogP contribution in [0.3, 0.4) is 0 Å². The van der Waals surface area contributed by atoms with Crippen LogP contribution in [0.4, 0.5) is 8.78 Å². The molecule has 21 heavy (non-hydrogen) atoms. The van der Waals surface area contributed by atoms with E-state index in [1.54, 1.807) is 0 Å². The Kier molecular flexibility index (Phi) is 5.49. The third kappa shape index (κ3) is 3.69. The van der Waals surface area contributed by atoms with Gasteiger partial charge in [-0.15, -0.1) is 0 Å². The van der Waals surface area contributed by atoms with Crippen LogP contribution in [0.15, 0.2) is 23.1 Å². The Morgan fingerprint density at radius 1 is 1.29 bits per heavy atom. The highest BCUT2D eigenvalue weighted by Crippen LogP contribution is 2.34. The summed E-state index contributed by atoms with van der Waals surface area (Å²) in [6, 6.07) is 3.41. The van der Waals surface area contributed by atoms with E-state index in [0.29, 0.717) is 11.8 Å². The molecule has 1 saturated carbocycles. The Bertz CT molecular complexity index is 521. The molecule has 2 rings (SSSR count). The molecule has 4 unspecified atom stereocenters. The minimum absolute atomic E-state index is 0.116. The lowest BCUT2D eigenvalue weighted by molar-refractivity contribution is 0.249. The van der Waals surface area contributed by atoms with E-state index < -0.39 is 22.4 Å². The molecule has 1 aliphatic carbocycles. The van der Waals surface area contributed by atoms with Gasteiger partial charge in [0.1, 0.15) is 11.6 Å². The standard InChI is InChI=1S/C16H23F2NOS/c1-10(2)11-4-6-14(19-3)16(8-11)21(20)15-7-5-12(17)9-13(15)18/h5,7,9-11,14,16,19H,4,6,8H2,1-3H3. The van der Waals surface area contributed by atoms with Gasteiger partial charge in [-0.25, -0.2) is 8.78 Å². The quantitative estimate of drug-likeness (QED) is 0.921. The molecule has 0 radical (unpaired) electrons. The number of halogens is 2. The summed E-state index contributed by atoms with van der Waals surface area (Å²) in [4.78, 5) is 0.117. The smallest absolute Gasteiger partial charge is 0.142 e. The fourth-order valence-corrected chi connectivity index (χ4v) is 4.91. The van der Waals surface area contributed by atoms with Crippen LogP contribution in [0.25, 0.3) is 0 Å². The van der Waals surface area contributed by atoms with Crippen molar-refractivity contribution in [2.45, 2.75) is 49.3 Å². The van der Waals surface area contributed by atoms with Crippen molar-refractivity contribution in [2.24, 2.45) is 11.8 Å². The van der Waals surface area contributed by atoms with E-state index >= 15 is 0 Å². The molecular formula is C16H23F2NOS. The van der Waals surface area contributed by atoms with Gasteiger partial charge in [0, 0.05) is 12.1 Å². The van der Waals surface area contributed by atoms with Gasteiger partial charge in [0.2, 0.25) is 0 Å². The zero-order chi connectivity index (χ0) is 15.6. The third-order valence-corrected chi connectivity index (χ3v) is 6.37. The van der Waals surface area contributed by atoms with Gasteiger partial charge in [-0.3, -0.25) is 4.21 Å². The summed E-state index contributed by atoms with van der Waals surface area (Å²) >= 11 is 0. The molecule has 4 atom stereocenters. The molecule has 1 aromatic rings. The van der Waals surface area contributed by atoms with Crippen LogP contribution in [0.2, 0.25) is 0 Å². The molecule has 0 amide bonds. The highest BCUT2D eigenvalue weighted by molar-refractivity contribution is 7.85. The molecule has 118 valence electrons. The number of rotatable bonds is 4. The summed E-state index contributed by atoms with van der Waals surface area (Å²) in [5.41, 5.74) is 0. The largest absolute Gasteiger partial charge is 0.316 e. The molecule has 1 aliphatic rings. The second-order valence-electron chi connectivity index (χ2n) is 6.12. The third-order valence-electron chi connectivity index (χ3n) is 4.53. The highest BCUT2D eigenvalue weighted by atomic mass is 32.2. The molecule has 1 N–H and O–H groups in total. The Morgan fingerprint density at radius 2 is 2.00 bits per heavy atom. The lowest BCUT2D eigenvalue weighted by Gasteiger charge is -2.37. The van der Waals surface area contributed by atoms with Crippen LogP contribution in [0, 0.1) is 23.5 Å². The van der Waals surface area contributed by atoms with Gasteiger partial charge < -0.3 is 5.32 Å². The minimum Gasteiger partial charge on any atom is -0.316 e. The number of nitrogens with one attached hydrogen (secondary N) is 1. The maximum Gasteiger partial charge on any atom is 0.142 e. The van der Waals surface area contributed by atoms with Crippen molar-refractivity contribution in [1.29, 1.82) is 0 Å². The summed E-state index contributed by atoms with van der Waals surface area (Å²) in [7, 11) is 0.392. The van der Waals surface area contributed by atoms with Crippen LogP contribution in [-0.4, -0.2) is 22.5 Å². The van der Waals surface area contributed by atoms with Crippen molar-refractivity contribution in [3.8, 4) is 0 Å². The van der Waals surface area contributed by atoms with Gasteiger partial charge >= 0.3 is 0 Å². The molecular weight excluding hydrogens is 292 g/mol. The molecule has 0 bridgehead atoms. The second-order valence-corrected chi connectivity index (χ2v) is 7.76. The Labute approximate surface area is 127 Å². The predicted octanol–water partition coefficient (Wildman–Crippen LogP) is 3.49. The van der Waals surface area contributed by atoms with Crippen molar-refractivity contribution < 1.29 is 13.0 Å². The molecule has 1 aromatic carbocycles. The summed E-state index contributed by atoms with van der Waals surface area (Å²) < 4.78 is 39.7. The van der Waals surface area contributed by atoms with Crippen LogP contribution in [0.5, 0.6) is 0 Å². The topological polar surface area (TPSA) is 29.1 Å². The fraction of sp³-hybridized carbons (Fsp3) is 0.625. The minimum atomic E-state index is -1.46. The average Bonchev–Trinajstić information content (AvgIpc) is 2.45. The SMILES string of the molecule is CNC1CCC(C(C)C)CC1S(=O)c1ccc(F)cc1F. The monoisotopic (exact) mass is 315 g/mol. The second kappa shape index (κ2) is 6.97. The lowest BCUT2D eigenvalue weighted by atomic mass is 9.79. The molecule has 0 saturated heterocycles. The van der Waals surface area contributed by atoms with Gasteiger partial charge in [0.15, 0.2) is 0 Å². The molecule has 0 heterocycles. The molecule has 0 spiro atoms. The van der Waals surface area contributed by atoms with Gasteiger partial charge in [0.25, 0.3) is 0 Å². The van der Waals surface area contributed by atoms with E-state index in [0.717, 1.165) is 25.3 Å². The maximum absolute atomic E-state index is 13.9. The van der Waals surface area contributed by atoms with Crippen LogP contribution >= 0.6 is 0 Å². The summed E-state index contributed by atoms with van der Waals surface area (Å²) in [5.74, 6) is -0.315. The first-order chi connectivity index (χ1) is 9.93. The van der Waals surface area contributed by atoms with Crippen molar-refractivity contribution >= 4 is 10.8 Å². The summed E-state index contributed by atoms with van der Waals surface area (Å²) in [5, 5.41) is 3.08. The van der Waals surface area contributed by atoms with Crippen LogP contribution in [-0.2, 0) is 10.8 Å². The van der Waals surface area contributed by atoms with E-state index in [4.69, 9.17) is 0 Å². The van der Waals surface area contributed by atoms with E-state index in [1.165, 1.54) is 12.1 Å². The Morgan fingerprint density at radius 3 is 2.57 bits per heavy atom. The normalized spacial score (nSPS) is 27.8. The van der Waals surface area contributed by atoms with Crippen molar-refractivity contribution in [2.75, 3.05) is 7.05 Å². The van der Waals surface area contributed by atoms with Crippen molar-refractivity contribution in [1.82, 2.24) is 5.32 Å². The van der Waals surface area contributed by atoms with Gasteiger partial charge in [-0.2, -0.15) is 0 Å². The maximum atomic E-state index is 13.9. The van der Waals surface area contributed by atoms with Gasteiger partial charge in [-0.05, 0) is 50.3 Å². The molecule has 5 heteroatoms. The number of hydrogen-bond acceptors (Lipinski definition) is 2. The molecule has 2 nitrogen and oxygen atoms in total. The first kappa shape index (κ1) is 16.6. The molecule has 0 aliphatic heterocycles. The summed E-state index contributed by atoms with van der Waals surface area (Å²) in [6.45, 7) is 4.34. The van der Waals surface area contributed by atoms with Gasteiger partial charge in [-0.1, -0.05) is 13.8 Å². The van der Waals surface area contributed by atoms with E-state index in [9.17, 15) is 13.0 Å². The molecule has 0 aromatic heterocycles. The Balaban J connectivity index is 2.25. The number of benzene rings is 1. The summed E-state index contributed by atoms with van der Waals surface area (Å²) in [6.07, 6.45) is 2.86. The fourth-order valence-electron chi connectivity index (χ4n) is 3.13. The van der Waals surface area contributed by atoms with E-state index in [1.807, 2.05) is 7.05 Å². The Hall–Kier alpha value is -0.810. The van der Waals surface area contributed by atoms with Crippen LogP contribution in [0.1, 0.15) is 33.1 Å². The van der Waals surface area contributed by atoms with Crippen LogP contribution < -0.4 is 5.32 Å². The number of hydrogen-bond donors (Lipinski definition) is 1.